The van der Waals surface area contributed by atoms with Crippen LogP contribution in [-0.2, 0) is 0 Å². The normalized spacial score (nSPS) is 13.9. The zero-order valence-corrected chi connectivity index (χ0v) is 9.03. The van der Waals surface area contributed by atoms with Gasteiger partial charge in [0.15, 0.2) is 0 Å². The SMILES string of the molecule is C=C\C=C/C(=C/C=C\C)C(/C=C)=C\C. The van der Waals surface area contributed by atoms with Crippen molar-refractivity contribution in [3.8, 4) is 0 Å². The van der Waals surface area contributed by atoms with E-state index in [1.807, 2.05) is 50.3 Å². The third-order valence-electron chi connectivity index (χ3n) is 1.74. The monoisotopic (exact) mass is 186 g/mol. The number of hydrogen-bond donors (Lipinski definition) is 0. The molecule has 0 heterocycles. The highest BCUT2D eigenvalue weighted by Crippen LogP contribution is 2.12. The average molecular weight is 186 g/mol. The minimum atomic E-state index is 1.13. The highest BCUT2D eigenvalue weighted by molar-refractivity contribution is 5.47. The second kappa shape index (κ2) is 8.06. The van der Waals surface area contributed by atoms with Crippen LogP contribution in [0.2, 0.25) is 0 Å². The van der Waals surface area contributed by atoms with E-state index in [0.717, 1.165) is 11.1 Å². The van der Waals surface area contributed by atoms with Crippen molar-refractivity contribution < 1.29 is 0 Å². The fourth-order valence-corrected chi connectivity index (χ4v) is 1.02. The fraction of sp³-hybridized carbons (Fsp3) is 0.143. The molecule has 0 aliphatic heterocycles. The van der Waals surface area contributed by atoms with Gasteiger partial charge in [-0.15, -0.1) is 0 Å². The molecule has 0 aromatic carbocycles. The standard InChI is InChI=1S/C14H18/c1-5-9-11-14(12-10-6-2)13(7-3)8-4/h5-12H,1,3H2,2,4H3/b10-6-,11-9-,13-8-,14-12-. The first-order valence-electron chi connectivity index (χ1n) is 4.71. The lowest BCUT2D eigenvalue weighted by Crippen LogP contribution is -1.81. The van der Waals surface area contributed by atoms with E-state index >= 15 is 0 Å². The van der Waals surface area contributed by atoms with E-state index in [2.05, 4.69) is 19.2 Å². The molecule has 0 atom stereocenters. The third-order valence-corrected chi connectivity index (χ3v) is 1.74. The van der Waals surface area contributed by atoms with E-state index in [1.54, 1.807) is 6.08 Å². The summed E-state index contributed by atoms with van der Waals surface area (Å²) in [5.74, 6) is 0. The van der Waals surface area contributed by atoms with Crippen molar-refractivity contribution in [3.05, 3.63) is 72.9 Å². The van der Waals surface area contributed by atoms with Gasteiger partial charge in [-0.3, -0.25) is 0 Å². The van der Waals surface area contributed by atoms with Gasteiger partial charge in [-0.05, 0) is 25.0 Å². The quantitative estimate of drug-likeness (QED) is 0.559. The first-order valence-corrected chi connectivity index (χ1v) is 4.71. The number of rotatable bonds is 5. The topological polar surface area (TPSA) is 0 Å². The van der Waals surface area contributed by atoms with Crippen molar-refractivity contribution in [1.82, 2.24) is 0 Å². The molecule has 0 aliphatic carbocycles. The Morgan fingerprint density at radius 3 is 2.14 bits per heavy atom. The van der Waals surface area contributed by atoms with Gasteiger partial charge in [0.1, 0.15) is 0 Å². The Morgan fingerprint density at radius 2 is 1.71 bits per heavy atom. The van der Waals surface area contributed by atoms with Crippen molar-refractivity contribution in [1.29, 1.82) is 0 Å². The molecule has 0 rings (SSSR count). The summed E-state index contributed by atoms with van der Waals surface area (Å²) in [6, 6.07) is 0. The van der Waals surface area contributed by atoms with E-state index in [9.17, 15) is 0 Å². The summed E-state index contributed by atoms with van der Waals surface area (Å²) >= 11 is 0. The smallest absolute Gasteiger partial charge is 0.0188 e. The Hall–Kier alpha value is -1.56. The molecule has 14 heavy (non-hydrogen) atoms. The lowest BCUT2D eigenvalue weighted by atomic mass is 10.0. The van der Waals surface area contributed by atoms with Gasteiger partial charge in [0.2, 0.25) is 0 Å². The van der Waals surface area contributed by atoms with Gasteiger partial charge in [0, 0.05) is 0 Å². The van der Waals surface area contributed by atoms with Gasteiger partial charge >= 0.3 is 0 Å². The molecular formula is C14H18. The molecule has 0 radical (unpaired) electrons. The van der Waals surface area contributed by atoms with Crippen LogP contribution >= 0.6 is 0 Å². The van der Waals surface area contributed by atoms with Gasteiger partial charge in [0.05, 0.1) is 0 Å². The summed E-state index contributed by atoms with van der Waals surface area (Å²) in [7, 11) is 0. The molecule has 0 spiro atoms. The van der Waals surface area contributed by atoms with E-state index in [0.29, 0.717) is 0 Å². The Morgan fingerprint density at radius 1 is 1.00 bits per heavy atom. The highest BCUT2D eigenvalue weighted by Gasteiger charge is 1.93. The maximum Gasteiger partial charge on any atom is -0.0188 e. The Balaban J connectivity index is 4.98. The van der Waals surface area contributed by atoms with Crippen LogP contribution in [0.25, 0.3) is 0 Å². The predicted octanol–water partition coefficient (Wildman–Crippen LogP) is 4.36. The second-order valence-electron chi connectivity index (χ2n) is 2.69. The molecule has 0 aromatic heterocycles. The summed E-state index contributed by atoms with van der Waals surface area (Å²) in [4.78, 5) is 0. The van der Waals surface area contributed by atoms with Gasteiger partial charge in [-0.2, -0.15) is 0 Å². The van der Waals surface area contributed by atoms with E-state index in [4.69, 9.17) is 0 Å². The van der Waals surface area contributed by atoms with Crippen LogP contribution in [0.3, 0.4) is 0 Å². The van der Waals surface area contributed by atoms with Crippen LogP contribution in [-0.4, -0.2) is 0 Å². The molecule has 0 unspecified atom stereocenters. The number of allylic oxidation sites excluding steroid dienone is 10. The second-order valence-corrected chi connectivity index (χ2v) is 2.69. The minimum Gasteiger partial charge on any atom is -0.0991 e. The summed E-state index contributed by atoms with van der Waals surface area (Å²) in [5, 5.41) is 0. The van der Waals surface area contributed by atoms with Crippen LogP contribution in [0.5, 0.6) is 0 Å². The molecule has 74 valence electrons. The largest absolute Gasteiger partial charge is 0.0991 e. The summed E-state index contributed by atoms with van der Waals surface area (Å²) in [5.41, 5.74) is 2.27. The van der Waals surface area contributed by atoms with Crippen LogP contribution in [0, 0.1) is 0 Å². The molecule has 0 aliphatic rings. The highest BCUT2D eigenvalue weighted by atomic mass is 14.0. The van der Waals surface area contributed by atoms with Crippen molar-refractivity contribution in [3.63, 3.8) is 0 Å². The van der Waals surface area contributed by atoms with Gasteiger partial charge in [-0.25, -0.2) is 0 Å². The Kier molecular flexibility index (Phi) is 7.16. The van der Waals surface area contributed by atoms with Crippen LogP contribution in [0.1, 0.15) is 13.8 Å². The molecule has 0 saturated heterocycles. The van der Waals surface area contributed by atoms with Crippen LogP contribution < -0.4 is 0 Å². The summed E-state index contributed by atoms with van der Waals surface area (Å²) < 4.78 is 0. The third kappa shape index (κ3) is 4.46. The molecule has 0 heteroatoms. The molecule has 0 saturated carbocycles. The molecule has 0 fully saturated rings. The fourth-order valence-electron chi connectivity index (χ4n) is 1.02. The van der Waals surface area contributed by atoms with E-state index in [1.165, 1.54) is 0 Å². The Labute approximate surface area is 87.3 Å². The molecule has 0 amide bonds. The van der Waals surface area contributed by atoms with E-state index < -0.39 is 0 Å². The van der Waals surface area contributed by atoms with Gasteiger partial charge < -0.3 is 0 Å². The number of hydrogen-bond acceptors (Lipinski definition) is 0. The molecule has 0 nitrogen and oxygen atoms in total. The maximum atomic E-state index is 3.78. The minimum absolute atomic E-state index is 1.13. The molecule has 0 N–H and O–H groups in total. The Bertz CT molecular complexity index is 296. The summed E-state index contributed by atoms with van der Waals surface area (Å²) in [6.45, 7) is 11.4. The van der Waals surface area contributed by atoms with Crippen LogP contribution in [0.15, 0.2) is 72.9 Å². The molecule has 0 aromatic rings. The lowest BCUT2D eigenvalue weighted by Gasteiger charge is -2.00. The van der Waals surface area contributed by atoms with E-state index in [-0.39, 0.29) is 0 Å². The average Bonchev–Trinajstić information content (AvgIpc) is 2.22. The van der Waals surface area contributed by atoms with Crippen molar-refractivity contribution in [2.24, 2.45) is 0 Å². The van der Waals surface area contributed by atoms with Crippen LogP contribution in [0.4, 0.5) is 0 Å². The van der Waals surface area contributed by atoms with Crippen molar-refractivity contribution in [2.45, 2.75) is 13.8 Å². The van der Waals surface area contributed by atoms with Crippen molar-refractivity contribution in [2.75, 3.05) is 0 Å². The molecular weight excluding hydrogens is 168 g/mol. The first-order chi connectivity index (χ1) is 6.79. The lowest BCUT2D eigenvalue weighted by molar-refractivity contribution is 1.50. The first kappa shape index (κ1) is 12.4. The van der Waals surface area contributed by atoms with Gasteiger partial charge in [-0.1, -0.05) is 61.8 Å². The summed E-state index contributed by atoms with van der Waals surface area (Å²) in [6.07, 6.45) is 15.6. The van der Waals surface area contributed by atoms with Gasteiger partial charge in [0.25, 0.3) is 0 Å². The zero-order chi connectivity index (χ0) is 10.8. The van der Waals surface area contributed by atoms with Crippen molar-refractivity contribution >= 4 is 0 Å². The maximum absolute atomic E-state index is 3.78. The molecule has 0 bridgehead atoms. The predicted molar refractivity (Wildman–Crippen MR) is 66.2 cm³/mol. The zero-order valence-electron chi connectivity index (χ0n) is 9.03.